The van der Waals surface area contributed by atoms with Crippen LogP contribution < -0.4 is 10.1 Å². The lowest BCUT2D eigenvalue weighted by Crippen LogP contribution is -2.16. The quantitative estimate of drug-likeness (QED) is 0.423. The molecule has 0 atom stereocenters. The number of aromatic carboxylic acids is 1. The van der Waals surface area contributed by atoms with Gasteiger partial charge in [-0.2, -0.15) is 0 Å². The van der Waals surface area contributed by atoms with Gasteiger partial charge in [0, 0.05) is 17.2 Å². The Balaban J connectivity index is 1.53. The summed E-state index contributed by atoms with van der Waals surface area (Å²) >= 11 is 1.81. The molecule has 3 aromatic rings. The molecule has 0 fully saturated rings. The van der Waals surface area contributed by atoms with Crippen LogP contribution in [0.5, 0.6) is 11.5 Å². The molecule has 3 aromatic carbocycles. The standard InChI is InChI=1S/C25H26N2O4S/c1-27(2)15-16-32-21-13-11-20(12-14-21)31-19-9-7-18(8-10-19)17-24(28)26-23-6-4-3-5-22(23)25(29)30/h3-14H,15-17H2,1-2H3,(H,26,28)(H,29,30). The number of carbonyl (C=O) groups excluding carboxylic acids is 1. The number of benzene rings is 3. The Morgan fingerprint density at radius 2 is 1.56 bits per heavy atom. The fourth-order valence-electron chi connectivity index (χ4n) is 2.92. The van der Waals surface area contributed by atoms with Gasteiger partial charge in [-0.25, -0.2) is 4.79 Å². The van der Waals surface area contributed by atoms with E-state index in [9.17, 15) is 14.7 Å². The van der Waals surface area contributed by atoms with E-state index in [-0.39, 0.29) is 23.6 Å². The Morgan fingerprint density at radius 3 is 2.19 bits per heavy atom. The molecule has 166 valence electrons. The number of nitrogens with zero attached hydrogens (tertiary/aromatic N) is 1. The van der Waals surface area contributed by atoms with Crippen LogP contribution in [0.1, 0.15) is 15.9 Å². The Bertz CT molecular complexity index is 1050. The molecule has 2 N–H and O–H groups in total. The van der Waals surface area contributed by atoms with Crippen molar-refractivity contribution >= 4 is 29.3 Å². The van der Waals surface area contributed by atoms with E-state index in [4.69, 9.17) is 4.74 Å². The van der Waals surface area contributed by atoms with Gasteiger partial charge in [-0.1, -0.05) is 24.3 Å². The summed E-state index contributed by atoms with van der Waals surface area (Å²) in [6.45, 7) is 1.03. The Labute approximate surface area is 192 Å². The lowest BCUT2D eigenvalue weighted by Gasteiger charge is -2.10. The van der Waals surface area contributed by atoms with Gasteiger partial charge in [0.15, 0.2) is 0 Å². The molecule has 0 radical (unpaired) electrons. The first-order valence-corrected chi connectivity index (χ1v) is 11.2. The lowest BCUT2D eigenvalue weighted by atomic mass is 10.1. The molecule has 0 saturated carbocycles. The van der Waals surface area contributed by atoms with Crippen molar-refractivity contribution in [2.45, 2.75) is 11.3 Å². The fraction of sp³-hybridized carbons (Fsp3) is 0.200. The number of carboxylic acid groups (broad SMARTS) is 1. The monoisotopic (exact) mass is 450 g/mol. The van der Waals surface area contributed by atoms with Crippen molar-refractivity contribution in [2.75, 3.05) is 31.7 Å². The molecule has 0 spiro atoms. The first-order valence-electron chi connectivity index (χ1n) is 10.2. The third kappa shape index (κ3) is 7.14. The molecule has 0 unspecified atom stereocenters. The SMILES string of the molecule is CN(C)CCSc1ccc(Oc2ccc(CC(=O)Nc3ccccc3C(=O)O)cc2)cc1. The number of amides is 1. The second kappa shape index (κ2) is 11.4. The summed E-state index contributed by atoms with van der Waals surface area (Å²) in [6.07, 6.45) is 0.132. The third-order valence-corrected chi connectivity index (χ3v) is 5.58. The molecular weight excluding hydrogens is 424 g/mol. The summed E-state index contributed by atoms with van der Waals surface area (Å²) in [5, 5.41) is 11.9. The topological polar surface area (TPSA) is 78.9 Å². The van der Waals surface area contributed by atoms with Gasteiger partial charge in [-0.05, 0) is 68.2 Å². The summed E-state index contributed by atoms with van der Waals surface area (Å²) in [4.78, 5) is 27.0. The highest BCUT2D eigenvalue weighted by atomic mass is 32.2. The van der Waals surface area contributed by atoms with Gasteiger partial charge in [0.1, 0.15) is 11.5 Å². The van der Waals surface area contributed by atoms with Crippen LogP contribution in [0.15, 0.2) is 77.7 Å². The minimum absolute atomic E-state index is 0.0618. The molecule has 0 bridgehead atoms. The van der Waals surface area contributed by atoms with E-state index >= 15 is 0 Å². The number of ether oxygens (including phenoxy) is 1. The zero-order valence-electron chi connectivity index (χ0n) is 18.1. The van der Waals surface area contributed by atoms with Crippen LogP contribution >= 0.6 is 11.8 Å². The van der Waals surface area contributed by atoms with Crippen LogP contribution in [0.25, 0.3) is 0 Å². The van der Waals surface area contributed by atoms with Gasteiger partial charge >= 0.3 is 5.97 Å². The molecule has 0 aliphatic carbocycles. The molecule has 6 nitrogen and oxygen atoms in total. The maximum Gasteiger partial charge on any atom is 0.337 e. The zero-order chi connectivity index (χ0) is 22.9. The van der Waals surface area contributed by atoms with Crippen LogP contribution in [0.2, 0.25) is 0 Å². The van der Waals surface area contributed by atoms with Gasteiger partial charge in [-0.3, -0.25) is 4.79 Å². The minimum atomic E-state index is -1.08. The van der Waals surface area contributed by atoms with E-state index in [1.54, 1.807) is 30.0 Å². The summed E-state index contributed by atoms with van der Waals surface area (Å²) < 4.78 is 5.89. The normalized spacial score (nSPS) is 10.7. The molecule has 0 heterocycles. The minimum Gasteiger partial charge on any atom is -0.478 e. The molecule has 32 heavy (non-hydrogen) atoms. The Morgan fingerprint density at radius 1 is 0.938 bits per heavy atom. The van der Waals surface area contributed by atoms with Crippen molar-refractivity contribution in [1.29, 1.82) is 0 Å². The van der Waals surface area contributed by atoms with Crippen LogP contribution in [0.3, 0.4) is 0 Å². The van der Waals surface area contributed by atoms with E-state index in [1.165, 1.54) is 11.0 Å². The van der Waals surface area contributed by atoms with Gasteiger partial charge in [0.2, 0.25) is 5.91 Å². The molecule has 1 amide bonds. The van der Waals surface area contributed by atoms with Crippen molar-refractivity contribution in [2.24, 2.45) is 0 Å². The molecule has 0 aromatic heterocycles. The van der Waals surface area contributed by atoms with Crippen molar-refractivity contribution in [3.05, 3.63) is 83.9 Å². The highest BCUT2D eigenvalue weighted by molar-refractivity contribution is 7.99. The number of nitrogens with one attached hydrogen (secondary N) is 1. The van der Waals surface area contributed by atoms with Crippen LogP contribution in [-0.2, 0) is 11.2 Å². The molecule has 0 saturated heterocycles. The number of para-hydroxylation sites is 1. The zero-order valence-corrected chi connectivity index (χ0v) is 18.9. The van der Waals surface area contributed by atoms with E-state index in [0.717, 1.165) is 23.6 Å². The van der Waals surface area contributed by atoms with Crippen molar-refractivity contribution in [3.8, 4) is 11.5 Å². The van der Waals surface area contributed by atoms with Crippen molar-refractivity contribution in [3.63, 3.8) is 0 Å². The Hall–Kier alpha value is -3.29. The van der Waals surface area contributed by atoms with E-state index in [0.29, 0.717) is 5.75 Å². The molecule has 0 aliphatic rings. The summed E-state index contributed by atoms with van der Waals surface area (Å²) in [7, 11) is 4.13. The van der Waals surface area contributed by atoms with E-state index < -0.39 is 5.97 Å². The van der Waals surface area contributed by atoms with Gasteiger partial charge < -0.3 is 20.1 Å². The number of anilines is 1. The molecular formula is C25H26N2O4S. The number of hydrogen-bond acceptors (Lipinski definition) is 5. The molecule has 0 aliphatic heterocycles. The lowest BCUT2D eigenvalue weighted by molar-refractivity contribution is -0.115. The average Bonchev–Trinajstić information content (AvgIpc) is 2.76. The second-order valence-electron chi connectivity index (χ2n) is 7.44. The van der Waals surface area contributed by atoms with Gasteiger partial charge in [0.25, 0.3) is 0 Å². The summed E-state index contributed by atoms with van der Waals surface area (Å²) in [5.74, 6) is 1.10. The second-order valence-corrected chi connectivity index (χ2v) is 8.61. The van der Waals surface area contributed by atoms with Crippen molar-refractivity contribution in [1.82, 2.24) is 4.90 Å². The summed E-state index contributed by atoms with van der Waals surface area (Å²) in [6, 6.07) is 21.6. The smallest absolute Gasteiger partial charge is 0.337 e. The highest BCUT2D eigenvalue weighted by Gasteiger charge is 2.12. The van der Waals surface area contributed by atoms with Crippen LogP contribution in [0.4, 0.5) is 5.69 Å². The highest BCUT2D eigenvalue weighted by Crippen LogP contribution is 2.26. The first kappa shape index (κ1) is 23.4. The van der Waals surface area contributed by atoms with Crippen molar-refractivity contribution < 1.29 is 19.4 Å². The number of rotatable bonds is 10. The molecule has 3 rings (SSSR count). The van der Waals surface area contributed by atoms with Crippen LogP contribution in [0, 0.1) is 0 Å². The fourth-order valence-corrected chi connectivity index (χ4v) is 3.94. The number of thioether (sulfide) groups is 1. The van der Waals surface area contributed by atoms with Gasteiger partial charge in [-0.15, -0.1) is 11.8 Å². The van der Waals surface area contributed by atoms with E-state index in [1.807, 2.05) is 48.5 Å². The predicted octanol–water partition coefficient (Wildman–Crippen LogP) is 5.01. The largest absolute Gasteiger partial charge is 0.478 e. The summed E-state index contributed by atoms with van der Waals surface area (Å²) in [5.41, 5.74) is 1.15. The number of hydrogen-bond donors (Lipinski definition) is 2. The number of carboxylic acids is 1. The number of carbonyl (C=O) groups is 2. The van der Waals surface area contributed by atoms with Gasteiger partial charge in [0.05, 0.1) is 17.7 Å². The van der Waals surface area contributed by atoms with E-state index in [2.05, 4.69) is 24.3 Å². The average molecular weight is 451 g/mol. The predicted molar refractivity (Wildman–Crippen MR) is 128 cm³/mol. The maximum atomic E-state index is 12.3. The third-order valence-electron chi connectivity index (χ3n) is 4.59. The first-order chi connectivity index (χ1) is 15.4. The maximum absolute atomic E-state index is 12.3. The Kier molecular flexibility index (Phi) is 8.30. The molecule has 7 heteroatoms. The van der Waals surface area contributed by atoms with Crippen LogP contribution in [-0.4, -0.2) is 48.3 Å².